The quantitative estimate of drug-likeness (QED) is 0.407. The van der Waals surface area contributed by atoms with Crippen LogP contribution in [0.2, 0.25) is 10.0 Å². The van der Waals surface area contributed by atoms with E-state index in [9.17, 15) is 9.18 Å². The summed E-state index contributed by atoms with van der Waals surface area (Å²) in [6.07, 6.45) is 4.62. The molecule has 0 radical (unpaired) electrons. The molecule has 4 aromatic rings. The lowest BCUT2D eigenvalue weighted by atomic mass is 9.95. The lowest BCUT2D eigenvalue weighted by molar-refractivity contribution is 0.0710. The average Bonchev–Trinajstić information content (AvgIpc) is 3.49. The highest BCUT2D eigenvalue weighted by Crippen LogP contribution is 2.30. The molecule has 11 heteroatoms. The van der Waals surface area contributed by atoms with E-state index in [0.717, 1.165) is 11.5 Å². The van der Waals surface area contributed by atoms with Crippen LogP contribution in [0.15, 0.2) is 54.9 Å². The third-order valence-corrected chi connectivity index (χ3v) is 6.32. The summed E-state index contributed by atoms with van der Waals surface area (Å²) in [6, 6.07) is 11.4. The zero-order valence-electron chi connectivity index (χ0n) is 18.0. The number of nitrogens with zero attached hydrogens (tertiary/aromatic N) is 7. The van der Waals surface area contributed by atoms with Crippen LogP contribution in [0, 0.1) is 5.82 Å². The van der Waals surface area contributed by atoms with Crippen molar-refractivity contribution in [1.82, 2.24) is 34.7 Å². The van der Waals surface area contributed by atoms with Gasteiger partial charge in [0.05, 0.1) is 12.4 Å². The van der Waals surface area contributed by atoms with Crippen LogP contribution in [0.25, 0.3) is 5.69 Å². The number of carbonyl (C=O) groups excluding carboxylic acids is 1. The Morgan fingerprint density at radius 2 is 1.68 bits per heavy atom. The van der Waals surface area contributed by atoms with E-state index in [0.29, 0.717) is 43.3 Å². The maximum Gasteiger partial charge on any atom is 0.254 e. The minimum atomic E-state index is -0.527. The van der Waals surface area contributed by atoms with Gasteiger partial charge in [0.1, 0.15) is 18.2 Å². The summed E-state index contributed by atoms with van der Waals surface area (Å²) < 4.78 is 15.7. The number of likely N-dealkylation sites (tertiary alicyclic amines) is 1. The van der Waals surface area contributed by atoms with E-state index in [1.807, 2.05) is 28.8 Å². The minimum Gasteiger partial charge on any atom is -0.339 e. The minimum absolute atomic E-state index is 0.0858. The third kappa shape index (κ3) is 4.67. The van der Waals surface area contributed by atoms with Crippen LogP contribution in [0.5, 0.6) is 0 Å². The molecule has 5 rings (SSSR count). The summed E-state index contributed by atoms with van der Waals surface area (Å²) in [5.41, 5.74) is 1.14. The standard InChI is InChI=1S/C23H20Cl2FN7O/c24-17-1-3-20(4-2-17)33-21(14-32-27-7-8-28-32)29-30-22(33)15-5-9-31(10-6-15)23(34)16-11-18(25)13-19(26)12-16/h1-4,7-8,11-13,15H,5-6,9-10,14H2. The third-order valence-electron chi connectivity index (χ3n) is 5.85. The number of hydrogen-bond acceptors (Lipinski definition) is 5. The van der Waals surface area contributed by atoms with Gasteiger partial charge in [-0.2, -0.15) is 15.0 Å². The molecule has 0 N–H and O–H groups in total. The van der Waals surface area contributed by atoms with Crippen LogP contribution in [0.4, 0.5) is 4.39 Å². The fraction of sp³-hybridized carbons (Fsp3) is 0.261. The number of benzene rings is 2. The Bertz CT molecular complexity index is 1280. The second-order valence-electron chi connectivity index (χ2n) is 8.07. The number of amides is 1. The van der Waals surface area contributed by atoms with Crippen molar-refractivity contribution in [3.63, 3.8) is 0 Å². The fourth-order valence-electron chi connectivity index (χ4n) is 4.22. The Morgan fingerprint density at radius 1 is 0.971 bits per heavy atom. The zero-order chi connectivity index (χ0) is 23.7. The van der Waals surface area contributed by atoms with Crippen LogP contribution in [0.1, 0.15) is 40.8 Å². The van der Waals surface area contributed by atoms with Crippen molar-refractivity contribution in [3.8, 4) is 5.69 Å². The van der Waals surface area contributed by atoms with Crippen LogP contribution in [-0.2, 0) is 6.54 Å². The number of hydrogen-bond donors (Lipinski definition) is 0. The molecule has 0 spiro atoms. The molecule has 0 aliphatic carbocycles. The van der Waals surface area contributed by atoms with Gasteiger partial charge in [0.2, 0.25) is 0 Å². The molecule has 0 saturated carbocycles. The van der Waals surface area contributed by atoms with Crippen LogP contribution >= 0.6 is 23.2 Å². The maximum absolute atomic E-state index is 13.7. The van der Waals surface area contributed by atoms with Crippen LogP contribution < -0.4 is 0 Å². The summed E-state index contributed by atoms with van der Waals surface area (Å²) >= 11 is 12.0. The molecule has 1 amide bonds. The van der Waals surface area contributed by atoms with E-state index in [1.54, 1.807) is 22.1 Å². The predicted octanol–water partition coefficient (Wildman–Crippen LogP) is 4.37. The molecule has 1 saturated heterocycles. The second kappa shape index (κ2) is 9.52. The molecular weight excluding hydrogens is 480 g/mol. The monoisotopic (exact) mass is 499 g/mol. The molecule has 0 atom stereocenters. The van der Waals surface area contributed by atoms with Crippen molar-refractivity contribution in [2.45, 2.75) is 25.3 Å². The molecule has 3 heterocycles. The van der Waals surface area contributed by atoms with E-state index in [4.69, 9.17) is 23.2 Å². The second-order valence-corrected chi connectivity index (χ2v) is 8.94. The van der Waals surface area contributed by atoms with Gasteiger partial charge in [0, 0.05) is 40.3 Å². The molecule has 1 aliphatic heterocycles. The van der Waals surface area contributed by atoms with Crippen LogP contribution in [0.3, 0.4) is 0 Å². The summed E-state index contributed by atoms with van der Waals surface area (Å²) in [4.78, 5) is 16.2. The van der Waals surface area contributed by atoms with Crippen LogP contribution in [-0.4, -0.2) is 53.7 Å². The van der Waals surface area contributed by atoms with E-state index in [-0.39, 0.29) is 22.4 Å². The van der Waals surface area contributed by atoms with E-state index >= 15 is 0 Å². The SMILES string of the molecule is O=C(c1cc(F)cc(Cl)c1)N1CCC(c2nnc(Cn3nccn3)n2-c2ccc(Cl)cc2)CC1. The first kappa shape index (κ1) is 22.5. The van der Waals surface area contributed by atoms with Crippen molar-refractivity contribution in [3.05, 3.63) is 87.9 Å². The van der Waals surface area contributed by atoms with E-state index < -0.39 is 5.82 Å². The number of halogens is 3. The molecule has 8 nitrogen and oxygen atoms in total. The number of aromatic nitrogens is 6. The Morgan fingerprint density at radius 3 is 2.35 bits per heavy atom. The van der Waals surface area contributed by atoms with Crippen molar-refractivity contribution in [1.29, 1.82) is 0 Å². The first-order chi connectivity index (χ1) is 16.5. The topological polar surface area (TPSA) is 81.7 Å². The first-order valence-corrected chi connectivity index (χ1v) is 11.5. The Labute approximate surface area is 204 Å². The molecular formula is C23H20Cl2FN7O. The zero-order valence-corrected chi connectivity index (χ0v) is 19.5. The molecule has 0 bridgehead atoms. The van der Waals surface area contributed by atoms with E-state index in [1.165, 1.54) is 18.2 Å². The van der Waals surface area contributed by atoms with Gasteiger partial charge >= 0.3 is 0 Å². The largest absolute Gasteiger partial charge is 0.339 e. The molecule has 1 fully saturated rings. The smallest absolute Gasteiger partial charge is 0.254 e. The maximum atomic E-state index is 13.7. The Hall–Kier alpha value is -3.30. The van der Waals surface area contributed by atoms with Gasteiger partial charge in [-0.25, -0.2) is 4.39 Å². The van der Waals surface area contributed by atoms with Gasteiger partial charge in [-0.05, 0) is 55.3 Å². The highest BCUT2D eigenvalue weighted by atomic mass is 35.5. The summed E-state index contributed by atoms with van der Waals surface area (Å²) in [5.74, 6) is 0.833. The number of piperidine rings is 1. The first-order valence-electron chi connectivity index (χ1n) is 10.8. The normalized spacial score (nSPS) is 14.5. The van der Waals surface area contributed by atoms with Crippen molar-refractivity contribution in [2.75, 3.05) is 13.1 Å². The molecule has 174 valence electrons. The summed E-state index contributed by atoms with van der Waals surface area (Å²) in [7, 11) is 0. The molecule has 34 heavy (non-hydrogen) atoms. The number of rotatable bonds is 5. The van der Waals surface area contributed by atoms with Gasteiger partial charge in [0.25, 0.3) is 5.91 Å². The van der Waals surface area contributed by atoms with Gasteiger partial charge in [-0.15, -0.1) is 10.2 Å². The molecule has 2 aromatic heterocycles. The Balaban J connectivity index is 1.38. The molecule has 0 unspecified atom stereocenters. The molecule has 2 aromatic carbocycles. The molecule has 1 aliphatic rings. The number of carbonyl (C=O) groups is 1. The lowest BCUT2D eigenvalue weighted by Gasteiger charge is -2.32. The predicted molar refractivity (Wildman–Crippen MR) is 125 cm³/mol. The summed E-state index contributed by atoms with van der Waals surface area (Å²) in [5, 5.41) is 18.1. The average molecular weight is 500 g/mol. The van der Waals surface area contributed by atoms with Gasteiger partial charge < -0.3 is 4.90 Å². The fourth-order valence-corrected chi connectivity index (χ4v) is 4.57. The highest BCUT2D eigenvalue weighted by molar-refractivity contribution is 6.31. The Kier molecular flexibility index (Phi) is 6.30. The lowest BCUT2D eigenvalue weighted by Crippen LogP contribution is -2.38. The van der Waals surface area contributed by atoms with Gasteiger partial charge in [-0.1, -0.05) is 23.2 Å². The van der Waals surface area contributed by atoms with E-state index in [2.05, 4.69) is 20.4 Å². The van der Waals surface area contributed by atoms with Crippen molar-refractivity contribution in [2.24, 2.45) is 0 Å². The van der Waals surface area contributed by atoms with Crippen molar-refractivity contribution >= 4 is 29.1 Å². The van der Waals surface area contributed by atoms with Gasteiger partial charge in [-0.3, -0.25) is 9.36 Å². The van der Waals surface area contributed by atoms with Crippen molar-refractivity contribution < 1.29 is 9.18 Å². The highest BCUT2D eigenvalue weighted by Gasteiger charge is 2.29. The van der Waals surface area contributed by atoms with Gasteiger partial charge in [0.15, 0.2) is 5.82 Å². The summed E-state index contributed by atoms with van der Waals surface area (Å²) in [6.45, 7) is 1.39.